The van der Waals surface area contributed by atoms with E-state index in [1.807, 2.05) is 29.5 Å². The lowest BCUT2D eigenvalue weighted by molar-refractivity contribution is -0.120. The predicted octanol–water partition coefficient (Wildman–Crippen LogP) is 1.69. The zero-order valence-electron chi connectivity index (χ0n) is 9.93. The van der Waals surface area contributed by atoms with Crippen molar-refractivity contribution in [1.82, 2.24) is 10.6 Å². The van der Waals surface area contributed by atoms with Crippen molar-refractivity contribution in [2.24, 2.45) is 0 Å². The van der Waals surface area contributed by atoms with Crippen LogP contribution in [0, 0.1) is 9.39 Å². The number of halogens is 2. The molecule has 0 aliphatic heterocycles. The molecular formula is C12H14FIN2O2. The minimum absolute atomic E-state index is 0.105. The molecule has 0 aliphatic carbocycles. The molecule has 0 radical (unpaired) electrons. The average molecular weight is 364 g/mol. The Morgan fingerprint density at radius 2 is 2.06 bits per heavy atom. The molecule has 1 aromatic carbocycles. The van der Waals surface area contributed by atoms with E-state index >= 15 is 0 Å². The molecule has 0 atom stereocenters. The van der Waals surface area contributed by atoms with Crippen molar-refractivity contribution in [1.29, 1.82) is 0 Å². The van der Waals surface area contributed by atoms with Gasteiger partial charge in [0, 0.05) is 23.1 Å². The third-order valence-corrected chi connectivity index (χ3v) is 3.08. The molecule has 6 heteroatoms. The molecule has 2 amide bonds. The maximum atomic E-state index is 12.9. The van der Waals surface area contributed by atoms with E-state index in [0.717, 1.165) is 0 Å². The Balaban J connectivity index is 2.48. The first-order chi connectivity index (χ1) is 8.54. The fourth-order valence-electron chi connectivity index (χ4n) is 1.34. The van der Waals surface area contributed by atoms with Crippen LogP contribution in [0.1, 0.15) is 23.7 Å². The second-order valence-electron chi connectivity index (χ2n) is 3.58. The van der Waals surface area contributed by atoms with E-state index in [1.54, 1.807) is 0 Å². The highest BCUT2D eigenvalue weighted by Gasteiger charge is 2.10. The Labute approximate surface area is 118 Å². The first-order valence-electron chi connectivity index (χ1n) is 5.54. The van der Waals surface area contributed by atoms with Crippen LogP contribution in [0.3, 0.4) is 0 Å². The molecule has 1 rings (SSSR count). The quantitative estimate of drug-likeness (QED) is 0.782. The molecule has 98 valence electrons. The Hall–Kier alpha value is -1.18. The largest absolute Gasteiger partial charge is 0.356 e. The number of rotatable bonds is 5. The highest BCUT2D eigenvalue weighted by molar-refractivity contribution is 14.1. The van der Waals surface area contributed by atoms with Gasteiger partial charge in [-0.2, -0.15) is 0 Å². The first-order valence-corrected chi connectivity index (χ1v) is 6.62. The third kappa shape index (κ3) is 4.59. The second-order valence-corrected chi connectivity index (χ2v) is 4.75. The predicted molar refractivity (Wildman–Crippen MR) is 74.8 cm³/mol. The van der Waals surface area contributed by atoms with Crippen LogP contribution in [0.25, 0.3) is 0 Å². The van der Waals surface area contributed by atoms with Crippen molar-refractivity contribution >= 4 is 34.4 Å². The van der Waals surface area contributed by atoms with Gasteiger partial charge in [-0.05, 0) is 47.7 Å². The lowest BCUT2D eigenvalue weighted by atomic mass is 10.2. The van der Waals surface area contributed by atoms with Crippen LogP contribution in [-0.4, -0.2) is 24.9 Å². The molecule has 0 spiro atoms. The third-order valence-electron chi connectivity index (χ3n) is 2.19. The average Bonchev–Trinajstić information content (AvgIpc) is 2.29. The minimum atomic E-state index is -0.377. The number of carbonyl (C=O) groups is 2. The zero-order chi connectivity index (χ0) is 13.5. The number of carbonyl (C=O) groups excluding carboxylic acids is 2. The summed E-state index contributed by atoms with van der Waals surface area (Å²) in [6.45, 7) is 2.66. The highest BCUT2D eigenvalue weighted by Crippen LogP contribution is 2.13. The van der Waals surface area contributed by atoms with E-state index in [-0.39, 0.29) is 30.6 Å². The molecule has 0 fully saturated rings. The van der Waals surface area contributed by atoms with Crippen molar-refractivity contribution in [2.45, 2.75) is 13.3 Å². The Morgan fingerprint density at radius 1 is 1.33 bits per heavy atom. The number of amides is 2. The van der Waals surface area contributed by atoms with Gasteiger partial charge in [-0.3, -0.25) is 9.59 Å². The number of benzene rings is 1. The van der Waals surface area contributed by atoms with Gasteiger partial charge in [-0.15, -0.1) is 0 Å². The Morgan fingerprint density at radius 3 is 2.67 bits per heavy atom. The van der Waals surface area contributed by atoms with Crippen LogP contribution < -0.4 is 10.6 Å². The lowest BCUT2D eigenvalue weighted by Crippen LogP contribution is -2.30. The van der Waals surface area contributed by atoms with Crippen molar-refractivity contribution in [3.63, 3.8) is 0 Å². The molecular weight excluding hydrogens is 350 g/mol. The highest BCUT2D eigenvalue weighted by atomic mass is 127. The summed E-state index contributed by atoms with van der Waals surface area (Å²) in [5.41, 5.74) is 0.410. The molecule has 2 N–H and O–H groups in total. The summed E-state index contributed by atoms with van der Waals surface area (Å²) in [7, 11) is 0. The molecule has 0 heterocycles. The summed E-state index contributed by atoms with van der Waals surface area (Å²) in [6, 6.07) is 3.96. The topological polar surface area (TPSA) is 58.2 Å². The first kappa shape index (κ1) is 14.9. The smallest absolute Gasteiger partial charge is 0.252 e. The molecule has 18 heavy (non-hydrogen) atoms. The summed E-state index contributed by atoms with van der Waals surface area (Å²) < 4.78 is 13.4. The van der Waals surface area contributed by atoms with E-state index in [2.05, 4.69) is 10.6 Å². The van der Waals surface area contributed by atoms with Gasteiger partial charge < -0.3 is 10.6 Å². The maximum absolute atomic E-state index is 12.9. The van der Waals surface area contributed by atoms with Crippen molar-refractivity contribution < 1.29 is 14.0 Å². The van der Waals surface area contributed by atoms with Gasteiger partial charge in [0.25, 0.3) is 5.91 Å². The van der Waals surface area contributed by atoms with E-state index in [0.29, 0.717) is 15.7 Å². The van der Waals surface area contributed by atoms with Gasteiger partial charge in [0.2, 0.25) is 5.91 Å². The minimum Gasteiger partial charge on any atom is -0.356 e. The van der Waals surface area contributed by atoms with E-state index in [1.165, 1.54) is 18.2 Å². The van der Waals surface area contributed by atoms with Crippen molar-refractivity contribution in [3.05, 3.63) is 33.1 Å². The SMILES string of the molecule is CCNC(=O)CCNC(=O)c1ccc(F)cc1I. The maximum Gasteiger partial charge on any atom is 0.252 e. The molecule has 1 aromatic rings. The number of hydrogen-bond acceptors (Lipinski definition) is 2. The number of hydrogen-bond donors (Lipinski definition) is 2. The van der Waals surface area contributed by atoms with Crippen molar-refractivity contribution in [3.8, 4) is 0 Å². The van der Waals surface area contributed by atoms with Gasteiger partial charge in [-0.1, -0.05) is 0 Å². The molecule has 0 saturated carbocycles. The molecule has 4 nitrogen and oxygen atoms in total. The van der Waals surface area contributed by atoms with Gasteiger partial charge in [0.1, 0.15) is 5.82 Å². The lowest BCUT2D eigenvalue weighted by Gasteiger charge is -2.07. The molecule has 0 saturated heterocycles. The Bertz CT molecular complexity index is 452. The van der Waals surface area contributed by atoms with Gasteiger partial charge in [0.05, 0.1) is 5.56 Å². The molecule has 0 unspecified atom stereocenters. The summed E-state index contributed by atoms with van der Waals surface area (Å²) in [5.74, 6) is -0.784. The van der Waals surface area contributed by atoms with E-state index in [9.17, 15) is 14.0 Å². The van der Waals surface area contributed by atoms with Crippen LogP contribution in [-0.2, 0) is 4.79 Å². The molecule has 0 bridgehead atoms. The zero-order valence-corrected chi connectivity index (χ0v) is 12.1. The summed E-state index contributed by atoms with van der Waals surface area (Å²) in [6.07, 6.45) is 0.233. The van der Waals surface area contributed by atoms with E-state index in [4.69, 9.17) is 0 Å². The fraction of sp³-hybridized carbons (Fsp3) is 0.333. The monoisotopic (exact) mass is 364 g/mol. The summed E-state index contributed by atoms with van der Waals surface area (Å²) in [4.78, 5) is 22.9. The molecule has 0 aromatic heterocycles. The Kier molecular flexibility index (Phi) is 6.03. The van der Waals surface area contributed by atoms with Crippen LogP contribution in [0.15, 0.2) is 18.2 Å². The van der Waals surface area contributed by atoms with Gasteiger partial charge in [0.15, 0.2) is 0 Å². The van der Waals surface area contributed by atoms with Crippen LogP contribution in [0.4, 0.5) is 4.39 Å². The summed E-state index contributed by atoms with van der Waals surface area (Å²) >= 11 is 1.90. The standard InChI is InChI=1S/C12H14FIN2O2/c1-2-15-11(17)5-6-16-12(18)9-4-3-8(13)7-10(9)14/h3-4,7H,2,5-6H2,1H3,(H,15,17)(H,16,18). The fourth-order valence-corrected chi connectivity index (χ4v) is 2.07. The number of nitrogens with one attached hydrogen (secondary N) is 2. The van der Waals surface area contributed by atoms with Crippen LogP contribution in [0.2, 0.25) is 0 Å². The van der Waals surface area contributed by atoms with Crippen LogP contribution >= 0.6 is 22.6 Å². The van der Waals surface area contributed by atoms with Crippen molar-refractivity contribution in [2.75, 3.05) is 13.1 Å². The summed E-state index contributed by atoms with van der Waals surface area (Å²) in [5, 5.41) is 5.26. The van der Waals surface area contributed by atoms with Gasteiger partial charge >= 0.3 is 0 Å². The molecule has 0 aliphatic rings. The van der Waals surface area contributed by atoms with Crippen LogP contribution in [0.5, 0.6) is 0 Å². The second kappa shape index (κ2) is 7.30. The normalized spacial score (nSPS) is 9.94. The van der Waals surface area contributed by atoms with Gasteiger partial charge in [-0.25, -0.2) is 4.39 Å². The van der Waals surface area contributed by atoms with E-state index < -0.39 is 0 Å².